The van der Waals surface area contributed by atoms with Crippen LogP contribution in [0.4, 0.5) is 0 Å². The molecule has 0 saturated heterocycles. The summed E-state index contributed by atoms with van der Waals surface area (Å²) >= 11 is 11.5. The minimum atomic E-state index is -0.362. The zero-order chi connectivity index (χ0) is 10.7. The first-order valence-electron chi connectivity index (χ1n) is 4.43. The first-order chi connectivity index (χ1) is 7.24. The second-order valence-corrected chi connectivity index (χ2v) is 7.16. The second-order valence-electron chi connectivity index (χ2n) is 3.02. The van der Waals surface area contributed by atoms with E-state index in [9.17, 15) is 0 Å². The summed E-state index contributed by atoms with van der Waals surface area (Å²) in [7, 11) is 0. The van der Waals surface area contributed by atoms with E-state index >= 15 is 0 Å². The van der Waals surface area contributed by atoms with Crippen molar-refractivity contribution in [3.8, 4) is 0 Å². The van der Waals surface area contributed by atoms with Crippen LogP contribution in [0, 0.1) is 0 Å². The molecule has 2 rings (SSSR count). The molecule has 0 unspecified atom stereocenters. The third-order valence-electron chi connectivity index (χ3n) is 1.83. The van der Waals surface area contributed by atoms with Crippen LogP contribution >= 0.6 is 23.2 Å². The molecule has 0 atom stereocenters. The molecule has 0 aliphatic heterocycles. The molecular formula is C12H8Cl2Te. The summed E-state index contributed by atoms with van der Waals surface area (Å²) in [6, 6.07) is 16.1. The number of halogens is 2. The van der Waals surface area contributed by atoms with Crippen LogP contribution in [0.3, 0.4) is 0 Å². The SMILES string of the molecule is Clc1cccc([Te]c2cccc(Cl)c2)c1. The van der Waals surface area contributed by atoms with Crippen molar-refractivity contribution in [2.75, 3.05) is 0 Å². The van der Waals surface area contributed by atoms with Crippen molar-refractivity contribution >= 4 is 51.3 Å². The molecule has 0 aromatic heterocycles. The van der Waals surface area contributed by atoms with Gasteiger partial charge in [-0.25, -0.2) is 0 Å². The average molecular weight is 351 g/mol. The standard InChI is InChI=1S/C12H8Cl2Te/c13-9-3-1-5-11(7-9)15-12-6-2-4-10(14)8-12/h1-8H. The van der Waals surface area contributed by atoms with Crippen molar-refractivity contribution in [3.63, 3.8) is 0 Å². The Hall–Kier alpha value is -0.190. The van der Waals surface area contributed by atoms with Crippen LogP contribution in [0.2, 0.25) is 10.0 Å². The fourth-order valence-electron chi connectivity index (χ4n) is 1.20. The Morgan fingerprint density at radius 1 is 0.733 bits per heavy atom. The summed E-state index contributed by atoms with van der Waals surface area (Å²) < 4.78 is 2.66. The van der Waals surface area contributed by atoms with Crippen LogP contribution in [-0.4, -0.2) is 20.9 Å². The van der Waals surface area contributed by atoms with Gasteiger partial charge in [0.25, 0.3) is 0 Å². The number of hydrogen-bond donors (Lipinski definition) is 0. The maximum absolute atomic E-state index is 5.94. The molecule has 0 radical (unpaired) electrons. The van der Waals surface area contributed by atoms with Crippen LogP contribution in [0.25, 0.3) is 0 Å². The molecule has 76 valence electrons. The normalized spacial score (nSPS) is 10.3. The van der Waals surface area contributed by atoms with Crippen molar-refractivity contribution in [2.24, 2.45) is 0 Å². The van der Waals surface area contributed by atoms with Gasteiger partial charge in [0.2, 0.25) is 0 Å². The van der Waals surface area contributed by atoms with E-state index in [1.165, 1.54) is 7.22 Å². The fourth-order valence-corrected chi connectivity index (χ4v) is 4.66. The summed E-state index contributed by atoms with van der Waals surface area (Å²) in [6.45, 7) is 0. The molecule has 0 aliphatic rings. The maximum atomic E-state index is 5.94. The monoisotopic (exact) mass is 352 g/mol. The molecule has 2 aromatic rings. The van der Waals surface area contributed by atoms with Crippen LogP contribution < -0.4 is 7.22 Å². The van der Waals surface area contributed by atoms with E-state index in [0.29, 0.717) is 0 Å². The zero-order valence-electron chi connectivity index (χ0n) is 7.78. The van der Waals surface area contributed by atoms with Crippen molar-refractivity contribution in [1.29, 1.82) is 0 Å². The molecular weight excluding hydrogens is 343 g/mol. The predicted molar refractivity (Wildman–Crippen MR) is 67.9 cm³/mol. The molecule has 0 nitrogen and oxygen atoms in total. The van der Waals surface area contributed by atoms with E-state index in [4.69, 9.17) is 23.2 Å². The minimum absolute atomic E-state index is 0.362. The van der Waals surface area contributed by atoms with Crippen LogP contribution in [-0.2, 0) is 0 Å². The first-order valence-corrected chi connectivity index (χ1v) is 7.52. The van der Waals surface area contributed by atoms with Gasteiger partial charge in [0.05, 0.1) is 0 Å². The van der Waals surface area contributed by atoms with Crippen molar-refractivity contribution in [3.05, 3.63) is 58.6 Å². The Morgan fingerprint density at radius 3 is 1.60 bits per heavy atom. The van der Waals surface area contributed by atoms with E-state index < -0.39 is 0 Å². The second kappa shape index (κ2) is 5.23. The Morgan fingerprint density at radius 2 is 1.20 bits per heavy atom. The van der Waals surface area contributed by atoms with E-state index in [-0.39, 0.29) is 20.9 Å². The third kappa shape index (κ3) is 3.40. The summed E-state index contributed by atoms with van der Waals surface area (Å²) in [6.07, 6.45) is 0. The van der Waals surface area contributed by atoms with Gasteiger partial charge in [0, 0.05) is 0 Å². The summed E-state index contributed by atoms with van der Waals surface area (Å²) in [5.41, 5.74) is 0. The van der Waals surface area contributed by atoms with E-state index in [1.807, 2.05) is 36.4 Å². The molecule has 0 bridgehead atoms. The quantitative estimate of drug-likeness (QED) is 0.731. The number of hydrogen-bond acceptors (Lipinski definition) is 0. The fraction of sp³-hybridized carbons (Fsp3) is 0. The first kappa shape index (κ1) is 11.3. The van der Waals surface area contributed by atoms with Crippen LogP contribution in [0.1, 0.15) is 0 Å². The topological polar surface area (TPSA) is 0 Å². The molecule has 0 heterocycles. The summed E-state index contributed by atoms with van der Waals surface area (Å²) in [5, 5.41) is 1.61. The molecule has 0 N–H and O–H groups in total. The average Bonchev–Trinajstić information content (AvgIpc) is 2.17. The predicted octanol–water partition coefficient (Wildman–Crippen LogP) is 2.65. The van der Waals surface area contributed by atoms with E-state index in [1.54, 1.807) is 0 Å². The van der Waals surface area contributed by atoms with Gasteiger partial charge >= 0.3 is 110 Å². The van der Waals surface area contributed by atoms with Gasteiger partial charge < -0.3 is 0 Å². The van der Waals surface area contributed by atoms with E-state index in [2.05, 4.69) is 12.1 Å². The molecule has 0 aliphatic carbocycles. The van der Waals surface area contributed by atoms with E-state index in [0.717, 1.165) is 10.0 Å². The summed E-state index contributed by atoms with van der Waals surface area (Å²) in [5.74, 6) is 0. The number of benzene rings is 2. The molecule has 0 spiro atoms. The van der Waals surface area contributed by atoms with Crippen LogP contribution in [0.15, 0.2) is 48.5 Å². The van der Waals surface area contributed by atoms with Gasteiger partial charge in [-0.1, -0.05) is 0 Å². The zero-order valence-corrected chi connectivity index (χ0v) is 11.6. The molecule has 0 amide bonds. The summed E-state index contributed by atoms with van der Waals surface area (Å²) in [4.78, 5) is 0. The molecule has 0 fully saturated rings. The van der Waals surface area contributed by atoms with Crippen molar-refractivity contribution in [2.45, 2.75) is 0 Å². The van der Waals surface area contributed by atoms with Gasteiger partial charge in [-0.05, 0) is 0 Å². The van der Waals surface area contributed by atoms with Gasteiger partial charge in [-0.2, -0.15) is 0 Å². The van der Waals surface area contributed by atoms with Gasteiger partial charge in [-0.15, -0.1) is 0 Å². The van der Waals surface area contributed by atoms with Crippen LogP contribution in [0.5, 0.6) is 0 Å². The van der Waals surface area contributed by atoms with Gasteiger partial charge in [0.1, 0.15) is 0 Å². The molecule has 3 heteroatoms. The Kier molecular flexibility index (Phi) is 3.94. The molecule has 15 heavy (non-hydrogen) atoms. The Labute approximate surface area is 109 Å². The Balaban J connectivity index is 2.22. The third-order valence-corrected chi connectivity index (χ3v) is 5.09. The van der Waals surface area contributed by atoms with Gasteiger partial charge in [-0.3, -0.25) is 0 Å². The molecule has 2 aromatic carbocycles. The van der Waals surface area contributed by atoms with Gasteiger partial charge in [0.15, 0.2) is 0 Å². The van der Waals surface area contributed by atoms with Crippen molar-refractivity contribution in [1.82, 2.24) is 0 Å². The number of rotatable bonds is 2. The Bertz CT molecular complexity index is 425. The molecule has 0 saturated carbocycles. The van der Waals surface area contributed by atoms with Crippen molar-refractivity contribution < 1.29 is 0 Å².